The molecule has 0 aromatic heterocycles. The van der Waals surface area contributed by atoms with E-state index in [4.69, 9.17) is 0 Å². The van der Waals surface area contributed by atoms with Crippen LogP contribution < -0.4 is 4.90 Å². The van der Waals surface area contributed by atoms with E-state index in [2.05, 4.69) is 195 Å². The number of benzene rings is 6. The van der Waals surface area contributed by atoms with Crippen LogP contribution in [0.3, 0.4) is 0 Å². The maximum atomic E-state index is 2.42. The summed E-state index contributed by atoms with van der Waals surface area (Å²) in [6.07, 6.45) is 14.9. The lowest BCUT2D eigenvalue weighted by Gasteiger charge is -2.28. The lowest BCUT2D eigenvalue weighted by atomic mass is 9.77. The third-order valence-corrected chi connectivity index (χ3v) is 11.7. The van der Waals surface area contributed by atoms with Gasteiger partial charge in [-0.1, -0.05) is 153 Å². The number of hydrogen-bond donors (Lipinski definition) is 0. The van der Waals surface area contributed by atoms with Gasteiger partial charge in [0.1, 0.15) is 0 Å². The van der Waals surface area contributed by atoms with E-state index in [1.54, 1.807) is 5.57 Å². The Kier molecular flexibility index (Phi) is 6.80. The van der Waals surface area contributed by atoms with Gasteiger partial charge in [-0.05, 0) is 110 Å². The average molecular weight is 654 g/mol. The molecule has 0 heterocycles. The molecular weight excluding hydrogens is 615 g/mol. The summed E-state index contributed by atoms with van der Waals surface area (Å²) < 4.78 is 0. The second-order valence-electron chi connectivity index (χ2n) is 14.9. The summed E-state index contributed by atoms with van der Waals surface area (Å²) in [5.74, 6) is 0.969. The van der Waals surface area contributed by atoms with Gasteiger partial charge < -0.3 is 4.90 Å². The fourth-order valence-electron chi connectivity index (χ4n) is 9.01. The zero-order chi connectivity index (χ0) is 34.1. The van der Waals surface area contributed by atoms with Crippen molar-refractivity contribution in [3.63, 3.8) is 0 Å². The van der Waals surface area contributed by atoms with Gasteiger partial charge in [-0.25, -0.2) is 0 Å². The van der Waals surface area contributed by atoms with Gasteiger partial charge in [0, 0.05) is 34.3 Å². The zero-order valence-corrected chi connectivity index (χ0v) is 29.1. The van der Waals surface area contributed by atoms with E-state index >= 15 is 0 Å². The van der Waals surface area contributed by atoms with Crippen LogP contribution in [0.4, 0.5) is 17.1 Å². The Morgan fingerprint density at radius 2 is 1.14 bits per heavy atom. The summed E-state index contributed by atoms with van der Waals surface area (Å²) in [6.45, 7) is 4.71. The first-order valence-corrected chi connectivity index (χ1v) is 18.2. The Balaban J connectivity index is 1.03. The van der Waals surface area contributed by atoms with E-state index in [-0.39, 0.29) is 5.41 Å². The standard InChI is InChI=1S/C50H39N/c1-50(2)48-15-9-8-14-44(48)45-29-27-41(32-49(45)50)51(39-23-18-34(19-24-39)33-10-4-3-5-11-33)40-25-20-35(21-26-40)37-16-17-38-31-47-42-13-7-6-12-36(42)22-28-43(47)46(38)30-37/h3-30,32,36,42H,31H2,1-2H3. The first-order chi connectivity index (χ1) is 25.0. The van der Waals surface area contributed by atoms with Gasteiger partial charge in [0.25, 0.3) is 0 Å². The number of rotatable bonds is 5. The molecule has 6 aromatic carbocycles. The smallest absolute Gasteiger partial charge is 0.0465 e. The van der Waals surface area contributed by atoms with E-state index in [9.17, 15) is 0 Å². The molecular formula is C50H39N. The van der Waals surface area contributed by atoms with Crippen molar-refractivity contribution in [3.05, 3.63) is 204 Å². The van der Waals surface area contributed by atoms with E-state index in [0.717, 1.165) is 17.8 Å². The lowest BCUT2D eigenvalue weighted by molar-refractivity contribution is 0.618. The maximum Gasteiger partial charge on any atom is 0.0465 e. The summed E-state index contributed by atoms with van der Waals surface area (Å²) >= 11 is 0. The molecule has 1 heteroatoms. The minimum atomic E-state index is -0.0735. The van der Waals surface area contributed by atoms with E-state index in [0.29, 0.717) is 11.8 Å². The normalized spacial score (nSPS) is 18.5. The molecule has 51 heavy (non-hydrogen) atoms. The molecule has 0 amide bonds. The first-order valence-electron chi connectivity index (χ1n) is 18.2. The van der Waals surface area contributed by atoms with Gasteiger partial charge in [-0.3, -0.25) is 0 Å². The van der Waals surface area contributed by atoms with Crippen LogP contribution in [0.25, 0.3) is 39.0 Å². The second kappa shape index (κ2) is 11.6. The molecule has 0 N–H and O–H groups in total. The van der Waals surface area contributed by atoms with Crippen molar-refractivity contribution in [2.45, 2.75) is 25.7 Å². The van der Waals surface area contributed by atoms with Crippen molar-refractivity contribution in [2.75, 3.05) is 4.90 Å². The van der Waals surface area contributed by atoms with Crippen molar-refractivity contribution >= 4 is 22.6 Å². The highest BCUT2D eigenvalue weighted by Crippen LogP contribution is 2.51. The van der Waals surface area contributed by atoms with Crippen LogP contribution in [0.1, 0.15) is 36.1 Å². The van der Waals surface area contributed by atoms with Crippen molar-refractivity contribution < 1.29 is 0 Å². The van der Waals surface area contributed by atoms with Gasteiger partial charge in [-0.2, -0.15) is 0 Å². The van der Waals surface area contributed by atoms with E-state index in [1.165, 1.54) is 66.9 Å². The zero-order valence-electron chi connectivity index (χ0n) is 29.1. The van der Waals surface area contributed by atoms with Gasteiger partial charge in [-0.15, -0.1) is 0 Å². The Bertz CT molecular complexity index is 2450. The molecule has 0 aliphatic heterocycles. The molecule has 0 radical (unpaired) electrons. The van der Waals surface area contributed by atoms with Crippen molar-refractivity contribution in [3.8, 4) is 33.4 Å². The Morgan fingerprint density at radius 1 is 0.510 bits per heavy atom. The molecule has 6 aromatic rings. The molecule has 2 unspecified atom stereocenters. The van der Waals surface area contributed by atoms with Crippen LogP contribution in [0.15, 0.2) is 182 Å². The SMILES string of the molecule is CC1(C)c2ccccc2-c2ccc(N(c3ccc(-c4ccccc4)cc3)c3ccc(-c4ccc5c(c4)C4=C(C5)C5C=CC=CC5C=C4)cc3)cc21. The molecule has 4 aliphatic carbocycles. The predicted molar refractivity (Wildman–Crippen MR) is 215 cm³/mol. The molecule has 10 rings (SSSR count). The molecule has 244 valence electrons. The monoisotopic (exact) mass is 653 g/mol. The minimum Gasteiger partial charge on any atom is -0.310 e. The number of anilines is 3. The van der Waals surface area contributed by atoms with Crippen molar-refractivity contribution in [2.24, 2.45) is 11.8 Å². The van der Waals surface area contributed by atoms with Gasteiger partial charge >= 0.3 is 0 Å². The highest BCUT2D eigenvalue weighted by molar-refractivity contribution is 5.89. The summed E-state index contributed by atoms with van der Waals surface area (Å²) in [7, 11) is 0. The van der Waals surface area contributed by atoms with Crippen LogP contribution in [-0.4, -0.2) is 0 Å². The highest BCUT2D eigenvalue weighted by Gasteiger charge is 2.36. The summed E-state index contributed by atoms with van der Waals surface area (Å²) in [5, 5.41) is 0. The minimum absolute atomic E-state index is 0.0735. The molecule has 0 fully saturated rings. The van der Waals surface area contributed by atoms with E-state index in [1.807, 2.05) is 0 Å². The van der Waals surface area contributed by atoms with Crippen molar-refractivity contribution in [1.29, 1.82) is 0 Å². The molecule has 0 bridgehead atoms. The number of nitrogens with zero attached hydrogens (tertiary/aromatic N) is 1. The Morgan fingerprint density at radius 3 is 1.92 bits per heavy atom. The third kappa shape index (κ3) is 4.83. The highest BCUT2D eigenvalue weighted by atomic mass is 15.1. The summed E-state index contributed by atoms with van der Waals surface area (Å²) in [5.41, 5.74) is 19.6. The third-order valence-electron chi connectivity index (χ3n) is 11.7. The Hall–Kier alpha value is -5.92. The van der Waals surface area contributed by atoms with Crippen molar-refractivity contribution in [1.82, 2.24) is 0 Å². The predicted octanol–water partition coefficient (Wildman–Crippen LogP) is 13.0. The van der Waals surface area contributed by atoms with Crippen LogP contribution in [0, 0.1) is 11.8 Å². The molecule has 0 saturated heterocycles. The average Bonchev–Trinajstić information content (AvgIpc) is 3.68. The second-order valence-corrected chi connectivity index (χ2v) is 14.9. The largest absolute Gasteiger partial charge is 0.310 e. The maximum absolute atomic E-state index is 2.42. The first kappa shape index (κ1) is 29.9. The van der Waals surface area contributed by atoms with Crippen LogP contribution in [-0.2, 0) is 11.8 Å². The quantitative estimate of drug-likeness (QED) is 0.179. The number of allylic oxidation sites excluding steroid dienone is 8. The molecule has 1 nitrogen and oxygen atoms in total. The topological polar surface area (TPSA) is 3.24 Å². The van der Waals surface area contributed by atoms with Gasteiger partial charge in [0.2, 0.25) is 0 Å². The Labute approximate surface area is 301 Å². The molecule has 4 aliphatic rings. The van der Waals surface area contributed by atoms with E-state index < -0.39 is 0 Å². The van der Waals surface area contributed by atoms with Crippen LogP contribution in [0.2, 0.25) is 0 Å². The van der Waals surface area contributed by atoms with Crippen LogP contribution >= 0.6 is 0 Å². The fraction of sp³-hybridized carbons (Fsp3) is 0.120. The van der Waals surface area contributed by atoms with Gasteiger partial charge in [0.05, 0.1) is 0 Å². The lowest BCUT2D eigenvalue weighted by Crippen LogP contribution is -2.16. The summed E-state index contributed by atoms with van der Waals surface area (Å²) in [6, 6.07) is 51.8. The molecule has 0 saturated carbocycles. The molecule has 0 spiro atoms. The van der Waals surface area contributed by atoms with Gasteiger partial charge in [0.15, 0.2) is 0 Å². The number of hydrogen-bond acceptors (Lipinski definition) is 1. The number of fused-ring (bicyclic) bond motifs is 7. The summed E-state index contributed by atoms with van der Waals surface area (Å²) in [4.78, 5) is 2.41. The van der Waals surface area contributed by atoms with Crippen LogP contribution in [0.5, 0.6) is 0 Å². The molecule has 2 atom stereocenters. The fourth-order valence-corrected chi connectivity index (χ4v) is 9.01.